The van der Waals surface area contributed by atoms with Crippen LogP contribution in [0.25, 0.3) is 0 Å². The lowest BCUT2D eigenvalue weighted by molar-refractivity contribution is -0.144. The standard InChI is InChI=1S/C24H28N2O4/c1-28-19-8-6-18(7-9-19)15-26-16-24(20-4-2-3-5-21(20)26)14-22(30-17-24)23(27)25-10-12-29-13-11-25/h2-9,22H,10-17H2,1H3/t22-,24+/m1/s1. The Hall–Kier alpha value is -2.57. The van der Waals surface area contributed by atoms with Crippen molar-refractivity contribution >= 4 is 11.6 Å². The third kappa shape index (κ3) is 3.44. The zero-order valence-corrected chi connectivity index (χ0v) is 17.4. The predicted octanol–water partition coefficient (Wildman–Crippen LogP) is 2.60. The van der Waals surface area contributed by atoms with Crippen LogP contribution in [0.5, 0.6) is 5.75 Å². The van der Waals surface area contributed by atoms with Gasteiger partial charge in [-0.05, 0) is 35.7 Å². The van der Waals surface area contributed by atoms with Crippen molar-refractivity contribution in [3.05, 3.63) is 59.7 Å². The normalized spacial score (nSPS) is 25.6. The van der Waals surface area contributed by atoms with Crippen LogP contribution in [-0.4, -0.2) is 63.5 Å². The van der Waals surface area contributed by atoms with E-state index in [1.807, 2.05) is 17.0 Å². The number of nitrogens with zero attached hydrogens (tertiary/aromatic N) is 2. The van der Waals surface area contributed by atoms with Gasteiger partial charge in [0, 0.05) is 37.3 Å². The zero-order chi connectivity index (χ0) is 20.6. The van der Waals surface area contributed by atoms with Crippen LogP contribution in [0.2, 0.25) is 0 Å². The molecule has 0 saturated carbocycles. The molecule has 0 N–H and O–H groups in total. The van der Waals surface area contributed by atoms with Gasteiger partial charge in [0.15, 0.2) is 0 Å². The maximum atomic E-state index is 13.0. The van der Waals surface area contributed by atoms with Gasteiger partial charge in [0.25, 0.3) is 5.91 Å². The number of anilines is 1. The second kappa shape index (κ2) is 7.93. The molecule has 6 nitrogen and oxygen atoms in total. The van der Waals surface area contributed by atoms with Crippen molar-refractivity contribution in [2.24, 2.45) is 0 Å². The van der Waals surface area contributed by atoms with Crippen molar-refractivity contribution < 1.29 is 19.0 Å². The molecule has 3 aliphatic heterocycles. The number of rotatable bonds is 4. The number of carbonyl (C=O) groups excluding carboxylic acids is 1. The van der Waals surface area contributed by atoms with Crippen molar-refractivity contribution in [2.45, 2.75) is 24.5 Å². The summed E-state index contributed by atoms with van der Waals surface area (Å²) in [5.41, 5.74) is 3.66. The number of hydrogen-bond donors (Lipinski definition) is 0. The monoisotopic (exact) mass is 408 g/mol. The van der Waals surface area contributed by atoms with Crippen molar-refractivity contribution in [1.29, 1.82) is 0 Å². The Labute approximate surface area is 177 Å². The lowest BCUT2D eigenvalue weighted by atomic mass is 9.80. The molecule has 1 amide bonds. The van der Waals surface area contributed by atoms with Gasteiger partial charge in [0.05, 0.1) is 26.9 Å². The lowest BCUT2D eigenvalue weighted by Crippen LogP contribution is -2.46. The van der Waals surface area contributed by atoms with E-state index in [9.17, 15) is 4.79 Å². The van der Waals surface area contributed by atoms with E-state index in [2.05, 4.69) is 41.3 Å². The first kappa shape index (κ1) is 19.4. The molecule has 5 rings (SSSR count). The van der Waals surface area contributed by atoms with Crippen LogP contribution >= 0.6 is 0 Å². The van der Waals surface area contributed by atoms with E-state index >= 15 is 0 Å². The molecule has 0 aromatic heterocycles. The summed E-state index contributed by atoms with van der Waals surface area (Å²) in [6, 6.07) is 16.8. The maximum absolute atomic E-state index is 13.0. The molecule has 2 fully saturated rings. The maximum Gasteiger partial charge on any atom is 0.251 e. The molecule has 0 unspecified atom stereocenters. The molecule has 3 aliphatic rings. The number of ether oxygens (including phenoxy) is 3. The highest BCUT2D eigenvalue weighted by Gasteiger charge is 2.50. The van der Waals surface area contributed by atoms with E-state index in [1.54, 1.807) is 7.11 Å². The van der Waals surface area contributed by atoms with E-state index in [0.29, 0.717) is 32.9 Å². The molecule has 6 heteroatoms. The number of morpholine rings is 1. The van der Waals surface area contributed by atoms with E-state index < -0.39 is 0 Å². The number of hydrogen-bond acceptors (Lipinski definition) is 5. The molecular weight excluding hydrogens is 380 g/mol. The van der Waals surface area contributed by atoms with E-state index in [-0.39, 0.29) is 17.4 Å². The summed E-state index contributed by atoms with van der Waals surface area (Å²) in [7, 11) is 1.68. The minimum Gasteiger partial charge on any atom is -0.497 e. The van der Waals surface area contributed by atoms with Crippen LogP contribution in [0.1, 0.15) is 17.5 Å². The van der Waals surface area contributed by atoms with Crippen molar-refractivity contribution in [3.8, 4) is 5.75 Å². The third-order valence-corrected chi connectivity index (χ3v) is 6.58. The molecule has 2 aromatic carbocycles. The lowest BCUT2D eigenvalue weighted by Gasteiger charge is -2.29. The van der Waals surface area contributed by atoms with Gasteiger partial charge in [-0.2, -0.15) is 0 Å². The van der Waals surface area contributed by atoms with Gasteiger partial charge in [-0.3, -0.25) is 4.79 Å². The van der Waals surface area contributed by atoms with Crippen molar-refractivity contribution in [1.82, 2.24) is 4.90 Å². The zero-order valence-electron chi connectivity index (χ0n) is 17.4. The fourth-order valence-electron chi connectivity index (χ4n) is 5.00. The van der Waals surface area contributed by atoms with Gasteiger partial charge in [-0.1, -0.05) is 30.3 Å². The number of amides is 1. The van der Waals surface area contributed by atoms with E-state index in [4.69, 9.17) is 14.2 Å². The minimum absolute atomic E-state index is 0.112. The second-order valence-corrected chi connectivity index (χ2v) is 8.44. The highest BCUT2D eigenvalue weighted by Crippen LogP contribution is 2.48. The first-order valence-electron chi connectivity index (χ1n) is 10.6. The van der Waals surface area contributed by atoms with Gasteiger partial charge < -0.3 is 24.0 Å². The highest BCUT2D eigenvalue weighted by atomic mass is 16.5. The molecule has 2 aromatic rings. The van der Waals surface area contributed by atoms with Crippen LogP contribution in [0, 0.1) is 0 Å². The molecule has 2 atom stereocenters. The Morgan fingerprint density at radius 2 is 1.90 bits per heavy atom. The number of fused-ring (bicyclic) bond motifs is 2. The van der Waals surface area contributed by atoms with Gasteiger partial charge in [0.1, 0.15) is 11.9 Å². The largest absolute Gasteiger partial charge is 0.497 e. The van der Waals surface area contributed by atoms with Crippen LogP contribution in [0.3, 0.4) is 0 Å². The second-order valence-electron chi connectivity index (χ2n) is 8.44. The van der Waals surface area contributed by atoms with Crippen LogP contribution in [-0.2, 0) is 26.2 Å². The first-order valence-corrected chi connectivity index (χ1v) is 10.6. The Balaban J connectivity index is 1.35. The van der Waals surface area contributed by atoms with E-state index in [0.717, 1.165) is 25.3 Å². The Morgan fingerprint density at radius 1 is 1.13 bits per heavy atom. The minimum atomic E-state index is -0.364. The number of carbonyl (C=O) groups is 1. The van der Waals surface area contributed by atoms with Crippen LogP contribution < -0.4 is 9.64 Å². The Bertz CT molecular complexity index is 910. The fraction of sp³-hybridized carbons (Fsp3) is 0.458. The van der Waals surface area contributed by atoms with E-state index in [1.165, 1.54) is 16.8 Å². The molecule has 158 valence electrons. The SMILES string of the molecule is COc1ccc(CN2C[C@@]3(CO[C@@H](C(=O)N4CCOCC4)C3)c3ccccc32)cc1. The highest BCUT2D eigenvalue weighted by molar-refractivity contribution is 5.82. The smallest absolute Gasteiger partial charge is 0.251 e. The summed E-state index contributed by atoms with van der Waals surface area (Å²) in [6.45, 7) is 4.82. The predicted molar refractivity (Wildman–Crippen MR) is 114 cm³/mol. The van der Waals surface area contributed by atoms with Gasteiger partial charge in [-0.25, -0.2) is 0 Å². The first-order chi connectivity index (χ1) is 14.7. The number of methoxy groups -OCH3 is 1. The summed E-state index contributed by atoms with van der Waals surface area (Å²) in [5.74, 6) is 0.979. The number of para-hydroxylation sites is 1. The Kier molecular flexibility index (Phi) is 5.13. The summed E-state index contributed by atoms with van der Waals surface area (Å²) in [6.07, 6.45) is 0.372. The number of benzene rings is 2. The molecule has 30 heavy (non-hydrogen) atoms. The van der Waals surface area contributed by atoms with Crippen molar-refractivity contribution in [2.75, 3.05) is 51.5 Å². The van der Waals surface area contributed by atoms with Gasteiger partial charge in [-0.15, -0.1) is 0 Å². The van der Waals surface area contributed by atoms with Gasteiger partial charge in [0.2, 0.25) is 0 Å². The third-order valence-electron chi connectivity index (χ3n) is 6.58. The molecular formula is C24H28N2O4. The molecule has 0 bridgehead atoms. The van der Waals surface area contributed by atoms with Crippen LogP contribution in [0.15, 0.2) is 48.5 Å². The molecule has 3 heterocycles. The summed E-state index contributed by atoms with van der Waals surface area (Å²) in [4.78, 5) is 17.3. The average Bonchev–Trinajstić information content (AvgIpc) is 3.37. The van der Waals surface area contributed by atoms with Gasteiger partial charge >= 0.3 is 0 Å². The quantitative estimate of drug-likeness (QED) is 0.779. The van der Waals surface area contributed by atoms with Crippen molar-refractivity contribution in [3.63, 3.8) is 0 Å². The summed E-state index contributed by atoms with van der Waals surface area (Å²) in [5, 5.41) is 0. The summed E-state index contributed by atoms with van der Waals surface area (Å²) < 4.78 is 16.8. The molecule has 2 saturated heterocycles. The average molecular weight is 408 g/mol. The topological polar surface area (TPSA) is 51.2 Å². The molecule has 1 spiro atoms. The molecule has 0 radical (unpaired) electrons. The fourth-order valence-corrected chi connectivity index (χ4v) is 5.00. The Morgan fingerprint density at radius 3 is 2.67 bits per heavy atom. The molecule has 0 aliphatic carbocycles. The van der Waals surface area contributed by atoms with Crippen LogP contribution in [0.4, 0.5) is 5.69 Å². The summed E-state index contributed by atoms with van der Waals surface area (Å²) >= 11 is 0.